The molecule has 7 nitrogen and oxygen atoms in total. The van der Waals surface area contributed by atoms with Gasteiger partial charge in [0.25, 0.3) is 11.8 Å². The Kier molecular flexibility index (Phi) is 4.85. The van der Waals surface area contributed by atoms with Gasteiger partial charge in [0.15, 0.2) is 0 Å². The molecule has 25 heavy (non-hydrogen) atoms. The smallest absolute Gasteiger partial charge is 0.277 e. The number of aryl methyl sites for hydroxylation is 1. The maximum Gasteiger partial charge on any atom is 0.277 e. The van der Waals surface area contributed by atoms with Gasteiger partial charge < -0.3 is 15.3 Å². The number of rotatable bonds is 5. The lowest BCUT2D eigenvalue weighted by Crippen LogP contribution is -2.35. The Hall–Kier alpha value is -2.67. The Labute approximate surface area is 145 Å². The van der Waals surface area contributed by atoms with Crippen molar-refractivity contribution in [2.45, 2.75) is 26.2 Å². The summed E-state index contributed by atoms with van der Waals surface area (Å²) in [7, 11) is 0. The zero-order valence-electron chi connectivity index (χ0n) is 14.1. The predicted molar refractivity (Wildman–Crippen MR) is 92.9 cm³/mol. The Morgan fingerprint density at radius 1 is 1.32 bits per heavy atom. The summed E-state index contributed by atoms with van der Waals surface area (Å²) in [5.41, 5.74) is 2.77. The number of imide groups is 1. The Morgan fingerprint density at radius 2 is 2.12 bits per heavy atom. The van der Waals surface area contributed by atoms with Crippen LogP contribution < -0.4 is 10.2 Å². The lowest BCUT2D eigenvalue weighted by molar-refractivity contribution is -0.137. The lowest BCUT2D eigenvalue weighted by Gasteiger charge is -2.30. The van der Waals surface area contributed by atoms with Crippen molar-refractivity contribution in [1.29, 1.82) is 0 Å². The maximum atomic E-state index is 12.2. The number of hydrogen-bond donors (Lipinski definition) is 2. The second-order valence-electron chi connectivity index (χ2n) is 6.05. The third-order valence-electron chi connectivity index (χ3n) is 4.42. The fraction of sp³-hybridized carbons (Fsp3) is 0.389. The fourth-order valence-corrected chi connectivity index (χ4v) is 3.17. The molecule has 132 valence electrons. The Bertz CT molecular complexity index is 757. The first kappa shape index (κ1) is 17.2. The molecule has 2 N–H and O–H groups in total. The summed E-state index contributed by atoms with van der Waals surface area (Å²) in [6, 6.07) is 5.63. The number of hydrogen-bond acceptors (Lipinski definition) is 5. The molecule has 3 amide bonds. The largest absolute Gasteiger partial charge is 0.395 e. The number of benzene rings is 1. The van der Waals surface area contributed by atoms with Crippen molar-refractivity contribution in [3.63, 3.8) is 0 Å². The number of carbonyl (C=O) groups is 3. The van der Waals surface area contributed by atoms with E-state index in [9.17, 15) is 14.4 Å². The summed E-state index contributed by atoms with van der Waals surface area (Å²) in [5.74, 6) is -0.834. The number of aliphatic hydroxyl groups excluding tert-OH is 1. The van der Waals surface area contributed by atoms with Crippen LogP contribution in [-0.4, -0.2) is 47.4 Å². The Morgan fingerprint density at radius 3 is 2.84 bits per heavy atom. The van der Waals surface area contributed by atoms with Gasteiger partial charge in [-0.3, -0.25) is 19.3 Å². The zero-order valence-corrected chi connectivity index (χ0v) is 14.1. The molecule has 0 bridgehead atoms. The topological polar surface area (TPSA) is 90.0 Å². The van der Waals surface area contributed by atoms with E-state index in [0.29, 0.717) is 18.7 Å². The number of anilines is 2. The van der Waals surface area contributed by atoms with Crippen molar-refractivity contribution in [1.82, 2.24) is 4.90 Å². The number of fused-ring (bicyclic) bond motifs is 1. The van der Waals surface area contributed by atoms with Gasteiger partial charge in [-0.2, -0.15) is 0 Å². The van der Waals surface area contributed by atoms with Crippen LogP contribution in [-0.2, 0) is 20.8 Å². The second kappa shape index (κ2) is 7.06. The van der Waals surface area contributed by atoms with Crippen molar-refractivity contribution in [3.05, 3.63) is 35.5 Å². The highest BCUT2D eigenvalue weighted by Crippen LogP contribution is 2.31. The van der Waals surface area contributed by atoms with Crippen LogP contribution in [0.25, 0.3) is 0 Å². The minimum Gasteiger partial charge on any atom is -0.395 e. The lowest BCUT2D eigenvalue weighted by atomic mass is 10.0. The summed E-state index contributed by atoms with van der Waals surface area (Å²) in [5, 5.41) is 11.9. The molecule has 1 aromatic carbocycles. The third-order valence-corrected chi connectivity index (χ3v) is 4.42. The minimum atomic E-state index is -0.460. The molecule has 0 spiro atoms. The highest BCUT2D eigenvalue weighted by atomic mass is 16.3. The van der Waals surface area contributed by atoms with Gasteiger partial charge in [-0.1, -0.05) is 13.0 Å². The van der Waals surface area contributed by atoms with E-state index >= 15 is 0 Å². The average molecular weight is 343 g/mol. The van der Waals surface area contributed by atoms with E-state index in [1.807, 2.05) is 25.1 Å². The van der Waals surface area contributed by atoms with E-state index in [1.165, 1.54) is 6.08 Å². The van der Waals surface area contributed by atoms with Gasteiger partial charge in [-0.15, -0.1) is 0 Å². The van der Waals surface area contributed by atoms with Gasteiger partial charge in [-0.05, 0) is 30.5 Å². The summed E-state index contributed by atoms with van der Waals surface area (Å²) < 4.78 is 0. The molecular weight excluding hydrogens is 322 g/mol. The number of nitrogens with one attached hydrogen (secondary N) is 1. The summed E-state index contributed by atoms with van der Waals surface area (Å²) >= 11 is 0. The maximum absolute atomic E-state index is 12.2. The molecule has 2 heterocycles. The van der Waals surface area contributed by atoms with E-state index in [2.05, 4.69) is 5.32 Å². The van der Waals surface area contributed by atoms with Crippen LogP contribution in [0.3, 0.4) is 0 Å². The molecule has 1 aromatic rings. The molecule has 0 fully saturated rings. The standard InChI is InChI=1S/C18H21N3O4/c1-2-16(23)20-7-3-4-12-5-6-13(10-15(12)20)19-14-11-17(24)21(8-9-22)18(14)25/h5-6,10-11,19,22H,2-4,7-9H2,1H3. The molecule has 0 aromatic heterocycles. The van der Waals surface area contributed by atoms with E-state index in [0.717, 1.165) is 29.0 Å². The first-order valence-electron chi connectivity index (χ1n) is 8.44. The van der Waals surface area contributed by atoms with E-state index < -0.39 is 11.8 Å². The molecule has 7 heteroatoms. The van der Waals surface area contributed by atoms with E-state index in [-0.39, 0.29) is 24.8 Å². The molecule has 0 unspecified atom stereocenters. The summed E-state index contributed by atoms with van der Waals surface area (Å²) in [6.45, 7) is 2.23. The van der Waals surface area contributed by atoms with Crippen LogP contribution in [0.5, 0.6) is 0 Å². The number of carbonyl (C=O) groups excluding carboxylic acids is 3. The SMILES string of the molecule is CCC(=O)N1CCCc2ccc(NC3=CC(=O)N(CCO)C3=O)cc21. The van der Waals surface area contributed by atoms with E-state index in [4.69, 9.17) is 5.11 Å². The molecule has 2 aliphatic heterocycles. The average Bonchev–Trinajstić information content (AvgIpc) is 2.88. The molecule has 0 radical (unpaired) electrons. The summed E-state index contributed by atoms with van der Waals surface area (Å²) in [4.78, 5) is 39.0. The Balaban J connectivity index is 1.83. The second-order valence-corrected chi connectivity index (χ2v) is 6.05. The van der Waals surface area contributed by atoms with Crippen LogP contribution in [0.15, 0.2) is 30.0 Å². The molecule has 0 saturated heterocycles. The van der Waals surface area contributed by atoms with Gasteiger partial charge in [-0.25, -0.2) is 0 Å². The van der Waals surface area contributed by atoms with Crippen molar-refractivity contribution in [2.24, 2.45) is 0 Å². The number of aliphatic hydroxyl groups is 1. The molecule has 0 saturated carbocycles. The van der Waals surface area contributed by atoms with Crippen LogP contribution in [0.2, 0.25) is 0 Å². The van der Waals surface area contributed by atoms with Gasteiger partial charge >= 0.3 is 0 Å². The normalized spacial score (nSPS) is 16.8. The van der Waals surface area contributed by atoms with Gasteiger partial charge in [0.1, 0.15) is 5.70 Å². The number of amides is 3. The first-order chi connectivity index (χ1) is 12.0. The molecular formula is C18H21N3O4. The van der Waals surface area contributed by atoms with Crippen LogP contribution in [0.4, 0.5) is 11.4 Å². The first-order valence-corrected chi connectivity index (χ1v) is 8.44. The quantitative estimate of drug-likeness (QED) is 0.780. The van der Waals surface area contributed by atoms with Crippen molar-refractivity contribution < 1.29 is 19.5 Å². The highest BCUT2D eigenvalue weighted by Gasteiger charge is 2.31. The predicted octanol–water partition coefficient (Wildman–Crippen LogP) is 1.03. The van der Waals surface area contributed by atoms with Gasteiger partial charge in [0.05, 0.1) is 13.2 Å². The fourth-order valence-electron chi connectivity index (χ4n) is 3.17. The van der Waals surface area contributed by atoms with Crippen LogP contribution in [0, 0.1) is 0 Å². The van der Waals surface area contributed by atoms with Crippen molar-refractivity contribution in [3.8, 4) is 0 Å². The third kappa shape index (κ3) is 3.28. The molecule has 3 rings (SSSR count). The van der Waals surface area contributed by atoms with Gasteiger partial charge in [0, 0.05) is 30.4 Å². The van der Waals surface area contributed by atoms with Crippen LogP contribution in [0.1, 0.15) is 25.3 Å². The number of nitrogens with zero attached hydrogens (tertiary/aromatic N) is 2. The van der Waals surface area contributed by atoms with E-state index in [1.54, 1.807) is 4.90 Å². The zero-order chi connectivity index (χ0) is 18.0. The molecule has 0 aliphatic carbocycles. The molecule has 0 atom stereocenters. The van der Waals surface area contributed by atoms with Gasteiger partial charge in [0.2, 0.25) is 5.91 Å². The van der Waals surface area contributed by atoms with Crippen molar-refractivity contribution >= 4 is 29.1 Å². The molecule has 2 aliphatic rings. The van der Waals surface area contributed by atoms with Crippen LogP contribution >= 0.6 is 0 Å². The van der Waals surface area contributed by atoms with Crippen molar-refractivity contribution in [2.75, 3.05) is 29.9 Å². The minimum absolute atomic E-state index is 0.0255. The number of β-amino-alcohol motifs (C(OH)–C–C–N with tert-alkyl or cyclic N) is 1. The monoisotopic (exact) mass is 343 g/mol. The highest BCUT2D eigenvalue weighted by molar-refractivity contribution is 6.17. The summed E-state index contributed by atoms with van der Waals surface area (Å²) in [6.07, 6.45) is 3.50.